The van der Waals surface area contributed by atoms with Crippen molar-refractivity contribution in [3.05, 3.63) is 79.9 Å². The standard InChI is InChI=1S/C26H30Si.2ClH.Zr/c1-15-9-21-11-19(5)25(23(21)13-17(15)3)27(7,8)26-20(6)12-22-10-16(2)18(4)14-24(22)26;;;/h9-14H,1-8H3;2*1H;/q;;;+2/p-2. The first kappa shape index (κ1) is 24.2. The zero-order valence-electron chi connectivity index (χ0n) is 19.2. The predicted octanol–water partition coefficient (Wildman–Crippen LogP) is 1.17. The summed E-state index contributed by atoms with van der Waals surface area (Å²) in [6.07, 6.45) is 0. The van der Waals surface area contributed by atoms with Gasteiger partial charge in [0.2, 0.25) is 0 Å². The quantitative estimate of drug-likeness (QED) is 0.447. The molecule has 0 amide bonds. The van der Waals surface area contributed by atoms with E-state index in [1.165, 1.54) is 22.3 Å². The molecule has 2 aromatic carbocycles. The molecule has 1 aliphatic heterocycles. The van der Waals surface area contributed by atoms with Crippen molar-refractivity contribution in [2.24, 2.45) is 0 Å². The van der Waals surface area contributed by atoms with Crippen LogP contribution >= 0.6 is 0 Å². The van der Waals surface area contributed by atoms with Crippen molar-refractivity contribution in [1.82, 2.24) is 0 Å². The molecule has 1 heterocycles. The molecule has 0 saturated heterocycles. The van der Waals surface area contributed by atoms with Crippen molar-refractivity contribution in [2.45, 2.75) is 61.9 Å². The fourth-order valence-corrected chi connectivity index (χ4v) is 16.0. The third kappa shape index (κ3) is 3.08. The number of aryl methyl sites for hydroxylation is 4. The first-order valence-corrected chi connectivity index (χ1v) is 16.4. The molecule has 0 nitrogen and oxygen atoms in total. The molecule has 2 atom stereocenters. The van der Waals surface area contributed by atoms with Crippen LogP contribution < -0.4 is 24.8 Å². The summed E-state index contributed by atoms with van der Waals surface area (Å²) in [6, 6.07) is 10.2. The van der Waals surface area contributed by atoms with E-state index in [4.69, 9.17) is 0 Å². The van der Waals surface area contributed by atoms with Gasteiger partial charge in [-0.25, -0.2) is 0 Å². The molecule has 2 unspecified atom stereocenters. The zero-order valence-corrected chi connectivity index (χ0v) is 24.2. The number of allylic oxidation sites excluding steroid dienone is 2. The summed E-state index contributed by atoms with van der Waals surface area (Å²) < 4.78 is 1.52. The molecular formula is C26H30Cl2SiZr. The van der Waals surface area contributed by atoms with Crippen LogP contribution in [0.5, 0.6) is 0 Å². The summed E-state index contributed by atoms with van der Waals surface area (Å²) in [7, 11) is -1.77. The van der Waals surface area contributed by atoms with Gasteiger partial charge in [-0.05, 0) is 0 Å². The molecule has 156 valence electrons. The number of benzene rings is 2. The Kier molecular flexibility index (Phi) is 6.36. The fourth-order valence-electron chi connectivity index (χ4n) is 6.15. The minimum atomic E-state index is -1.77. The molecule has 3 aliphatic rings. The third-order valence-electron chi connectivity index (χ3n) is 7.73. The maximum Gasteiger partial charge on any atom is -1.00 e. The molecule has 0 spiro atoms. The Morgan fingerprint density at radius 1 is 0.600 bits per heavy atom. The molecular weight excluding hydrogens is 503 g/mol. The van der Waals surface area contributed by atoms with Crippen LogP contribution in [0, 0.1) is 27.7 Å². The topological polar surface area (TPSA) is 0 Å². The van der Waals surface area contributed by atoms with E-state index in [1.807, 2.05) is 0 Å². The Balaban J connectivity index is 0.00000128. The first-order valence-electron chi connectivity index (χ1n) is 10.5. The van der Waals surface area contributed by atoms with Crippen molar-refractivity contribution in [1.29, 1.82) is 0 Å². The van der Waals surface area contributed by atoms with Crippen LogP contribution in [0.25, 0.3) is 10.4 Å². The van der Waals surface area contributed by atoms with E-state index in [0.29, 0.717) is 0 Å². The van der Waals surface area contributed by atoms with Gasteiger partial charge in [-0.3, -0.25) is 0 Å². The van der Waals surface area contributed by atoms with E-state index in [-0.39, 0.29) is 24.8 Å². The molecule has 0 N–H and O–H groups in total. The van der Waals surface area contributed by atoms with E-state index in [1.54, 1.807) is 43.8 Å². The first-order chi connectivity index (χ1) is 13.1. The van der Waals surface area contributed by atoms with Gasteiger partial charge in [0.25, 0.3) is 0 Å². The average molecular weight is 533 g/mol. The second kappa shape index (κ2) is 7.87. The molecule has 4 bridgehead atoms. The predicted molar refractivity (Wildman–Crippen MR) is 120 cm³/mol. The number of hydrogen-bond donors (Lipinski definition) is 0. The minimum absolute atomic E-state index is 0. The van der Waals surface area contributed by atoms with E-state index in [2.05, 4.69) is 78.9 Å². The smallest absolute Gasteiger partial charge is 1.00 e. The van der Waals surface area contributed by atoms with Crippen LogP contribution in [0.4, 0.5) is 0 Å². The molecule has 2 aromatic rings. The van der Waals surface area contributed by atoms with Crippen LogP contribution in [-0.4, -0.2) is 8.07 Å². The number of fused-ring (bicyclic) bond motifs is 8. The Bertz CT molecular complexity index is 1050. The normalized spacial score (nSPS) is 22.1. The van der Waals surface area contributed by atoms with Crippen LogP contribution in [0.15, 0.2) is 35.4 Å². The van der Waals surface area contributed by atoms with Crippen LogP contribution in [0.3, 0.4) is 0 Å². The second-order valence-electron chi connectivity index (χ2n) is 9.82. The Morgan fingerprint density at radius 3 is 1.30 bits per heavy atom. The third-order valence-corrected chi connectivity index (χ3v) is 16.9. The van der Waals surface area contributed by atoms with E-state index in [9.17, 15) is 0 Å². The Labute approximate surface area is 207 Å². The number of halogens is 2. The maximum absolute atomic E-state index is 2.63. The molecule has 0 saturated carbocycles. The van der Waals surface area contributed by atoms with Crippen molar-refractivity contribution in [3.63, 3.8) is 0 Å². The van der Waals surface area contributed by atoms with Crippen molar-refractivity contribution in [2.75, 3.05) is 0 Å². The monoisotopic (exact) mass is 530 g/mol. The zero-order chi connectivity index (χ0) is 20.1. The average Bonchev–Trinajstić information content (AvgIpc) is 3.03. The van der Waals surface area contributed by atoms with Gasteiger partial charge in [-0.2, -0.15) is 0 Å². The van der Waals surface area contributed by atoms with Gasteiger partial charge in [0.1, 0.15) is 0 Å². The summed E-state index contributed by atoms with van der Waals surface area (Å²) >= 11 is -0.703. The largest absolute Gasteiger partial charge is 1.00 e. The molecule has 30 heavy (non-hydrogen) atoms. The van der Waals surface area contributed by atoms with Gasteiger partial charge in [0.15, 0.2) is 0 Å². The van der Waals surface area contributed by atoms with Gasteiger partial charge in [0.05, 0.1) is 0 Å². The molecule has 0 radical (unpaired) electrons. The van der Waals surface area contributed by atoms with Crippen molar-refractivity contribution < 1.29 is 48.0 Å². The molecule has 2 aliphatic carbocycles. The van der Waals surface area contributed by atoms with Gasteiger partial charge in [-0.15, -0.1) is 0 Å². The maximum atomic E-state index is 2.63. The fraction of sp³-hybridized carbons (Fsp3) is 0.385. The van der Waals surface area contributed by atoms with Gasteiger partial charge < -0.3 is 24.8 Å². The summed E-state index contributed by atoms with van der Waals surface area (Å²) in [4.78, 5) is 0. The van der Waals surface area contributed by atoms with Crippen LogP contribution in [0.1, 0.15) is 65.6 Å². The van der Waals surface area contributed by atoms with E-state index < -0.39 is 31.3 Å². The second-order valence-corrected chi connectivity index (χ2v) is 17.7. The Hall–Kier alpha value is -0.400. The summed E-state index contributed by atoms with van der Waals surface area (Å²) in [5.41, 5.74) is 16.0. The number of rotatable bonds is 0. The van der Waals surface area contributed by atoms with Crippen molar-refractivity contribution >= 4 is 18.5 Å². The van der Waals surface area contributed by atoms with E-state index >= 15 is 0 Å². The van der Waals surface area contributed by atoms with Crippen molar-refractivity contribution in [3.8, 4) is 0 Å². The van der Waals surface area contributed by atoms with E-state index in [0.717, 1.165) is 7.25 Å². The summed E-state index contributed by atoms with van der Waals surface area (Å²) in [5, 5.41) is 3.55. The number of hydrogen-bond acceptors (Lipinski definition) is 0. The molecule has 5 rings (SSSR count). The summed E-state index contributed by atoms with van der Waals surface area (Å²) in [5.74, 6) is 0. The molecule has 0 fully saturated rings. The van der Waals surface area contributed by atoms with Crippen LogP contribution in [-0.2, 0) is 23.2 Å². The van der Waals surface area contributed by atoms with Crippen LogP contribution in [0.2, 0.25) is 13.1 Å². The summed E-state index contributed by atoms with van der Waals surface area (Å²) in [6.45, 7) is 19.4. The van der Waals surface area contributed by atoms with Gasteiger partial charge >= 0.3 is 184 Å². The van der Waals surface area contributed by atoms with Gasteiger partial charge in [0, 0.05) is 0 Å². The van der Waals surface area contributed by atoms with Gasteiger partial charge in [-0.1, -0.05) is 0 Å². The minimum Gasteiger partial charge on any atom is -1.00 e. The molecule has 0 aromatic heterocycles. The SMILES string of the molecule is CC1=C2c3cc(C)c(C)cc3[CH]1[Zr+2][CH]1C(C)=C(c3cc(C)c(C)cc31)[Si]2(C)C.[Cl-].[Cl-]. The molecule has 4 heteroatoms. The Morgan fingerprint density at radius 2 is 0.933 bits per heavy atom.